The first-order valence-electron chi connectivity index (χ1n) is 6.71. The van der Waals surface area contributed by atoms with Crippen LogP contribution < -0.4 is 0 Å². The van der Waals surface area contributed by atoms with E-state index in [9.17, 15) is 9.59 Å². The van der Waals surface area contributed by atoms with Gasteiger partial charge in [0.15, 0.2) is 0 Å². The van der Waals surface area contributed by atoms with Crippen LogP contribution in [0.25, 0.3) is 0 Å². The number of carboxylic acids is 1. The maximum atomic E-state index is 12.2. The minimum Gasteiger partial charge on any atom is -0.480 e. The molecule has 4 heteroatoms. The van der Waals surface area contributed by atoms with E-state index in [4.69, 9.17) is 5.11 Å². The largest absolute Gasteiger partial charge is 0.480 e. The van der Waals surface area contributed by atoms with Gasteiger partial charge in [0.05, 0.1) is 0 Å². The summed E-state index contributed by atoms with van der Waals surface area (Å²) in [5, 5.41) is 8.94. The molecule has 0 bridgehead atoms. The average molecular weight is 239 g/mol. The van der Waals surface area contributed by atoms with Crippen molar-refractivity contribution in [2.45, 2.75) is 57.4 Å². The molecule has 0 aliphatic heterocycles. The zero-order valence-corrected chi connectivity index (χ0v) is 10.2. The van der Waals surface area contributed by atoms with Gasteiger partial charge in [-0.15, -0.1) is 0 Å². The van der Waals surface area contributed by atoms with Crippen LogP contribution in [0.5, 0.6) is 0 Å². The summed E-state index contributed by atoms with van der Waals surface area (Å²) in [5.41, 5.74) is 0. The van der Waals surface area contributed by atoms with Crippen LogP contribution in [0.15, 0.2) is 0 Å². The van der Waals surface area contributed by atoms with Gasteiger partial charge in [-0.2, -0.15) is 0 Å². The molecule has 96 valence electrons. The van der Waals surface area contributed by atoms with Crippen molar-refractivity contribution in [3.63, 3.8) is 0 Å². The topological polar surface area (TPSA) is 57.6 Å². The van der Waals surface area contributed by atoms with Crippen molar-refractivity contribution in [1.29, 1.82) is 0 Å². The van der Waals surface area contributed by atoms with E-state index in [1.807, 2.05) is 0 Å². The first kappa shape index (κ1) is 12.4. The molecule has 0 radical (unpaired) electrons. The van der Waals surface area contributed by atoms with Crippen molar-refractivity contribution in [1.82, 2.24) is 4.90 Å². The highest BCUT2D eigenvalue weighted by molar-refractivity contribution is 5.84. The molecular formula is C13H21NO3. The molecule has 2 aliphatic rings. The Morgan fingerprint density at radius 3 is 2.12 bits per heavy atom. The number of nitrogens with zero attached hydrogens (tertiary/aromatic N) is 1. The Kier molecular flexibility index (Phi) is 4.02. The molecule has 0 aromatic rings. The van der Waals surface area contributed by atoms with Crippen molar-refractivity contribution in [3.05, 3.63) is 0 Å². The molecule has 0 unspecified atom stereocenters. The van der Waals surface area contributed by atoms with E-state index in [0.717, 1.165) is 44.9 Å². The molecule has 0 heterocycles. The Bertz CT molecular complexity index is 293. The normalized spacial score (nSPS) is 21.9. The Balaban J connectivity index is 2.00. The molecule has 0 atom stereocenters. The molecule has 2 saturated carbocycles. The summed E-state index contributed by atoms with van der Waals surface area (Å²) < 4.78 is 0. The van der Waals surface area contributed by atoms with Crippen LogP contribution in [0.3, 0.4) is 0 Å². The summed E-state index contributed by atoms with van der Waals surface area (Å²) >= 11 is 0. The van der Waals surface area contributed by atoms with Crippen LogP contribution in [-0.4, -0.2) is 34.5 Å². The summed E-state index contributed by atoms with van der Waals surface area (Å²) in [6.07, 6.45) is 8.43. The lowest BCUT2D eigenvalue weighted by Gasteiger charge is -2.37. The van der Waals surface area contributed by atoms with Gasteiger partial charge in [0.25, 0.3) is 0 Å². The molecule has 2 rings (SSSR count). The average Bonchev–Trinajstić information content (AvgIpc) is 2.24. The van der Waals surface area contributed by atoms with E-state index in [0.29, 0.717) is 0 Å². The van der Waals surface area contributed by atoms with Crippen molar-refractivity contribution in [3.8, 4) is 0 Å². The van der Waals surface area contributed by atoms with Gasteiger partial charge < -0.3 is 10.0 Å². The van der Waals surface area contributed by atoms with Crippen molar-refractivity contribution in [2.75, 3.05) is 6.54 Å². The highest BCUT2D eigenvalue weighted by Gasteiger charge is 2.34. The Morgan fingerprint density at radius 1 is 1.00 bits per heavy atom. The van der Waals surface area contributed by atoms with E-state index in [-0.39, 0.29) is 24.4 Å². The molecule has 1 N–H and O–H groups in total. The fourth-order valence-electron chi connectivity index (χ4n) is 2.82. The molecule has 0 spiro atoms. The minimum absolute atomic E-state index is 0.0885. The highest BCUT2D eigenvalue weighted by Crippen LogP contribution is 2.31. The Hall–Kier alpha value is -1.06. The van der Waals surface area contributed by atoms with Gasteiger partial charge in [0.1, 0.15) is 6.54 Å². The number of rotatable bonds is 4. The lowest BCUT2D eigenvalue weighted by Crippen LogP contribution is -2.48. The minimum atomic E-state index is -0.886. The molecule has 0 aromatic carbocycles. The smallest absolute Gasteiger partial charge is 0.323 e. The number of aliphatic carboxylic acids is 1. The molecular weight excluding hydrogens is 218 g/mol. The van der Waals surface area contributed by atoms with Gasteiger partial charge in [0.2, 0.25) is 5.91 Å². The number of hydrogen-bond acceptors (Lipinski definition) is 2. The van der Waals surface area contributed by atoms with Crippen LogP contribution in [-0.2, 0) is 9.59 Å². The molecule has 1 amide bonds. The maximum Gasteiger partial charge on any atom is 0.323 e. The molecule has 4 nitrogen and oxygen atoms in total. The number of amides is 1. The Labute approximate surface area is 102 Å². The standard InChI is InChI=1S/C13H21NO3/c15-12(16)9-14(11-7-2-1-3-8-11)13(17)10-5-4-6-10/h10-11H,1-9H2,(H,15,16). The zero-order chi connectivity index (χ0) is 12.3. The van der Waals surface area contributed by atoms with Crippen LogP contribution in [0.4, 0.5) is 0 Å². The second kappa shape index (κ2) is 5.52. The third-order valence-electron chi connectivity index (χ3n) is 4.06. The van der Waals surface area contributed by atoms with Gasteiger partial charge in [-0.3, -0.25) is 9.59 Å². The fraction of sp³-hybridized carbons (Fsp3) is 0.846. The van der Waals surface area contributed by atoms with Gasteiger partial charge in [0, 0.05) is 12.0 Å². The van der Waals surface area contributed by atoms with Crippen LogP contribution in [0.1, 0.15) is 51.4 Å². The number of carboxylic acid groups (broad SMARTS) is 1. The summed E-state index contributed by atoms with van der Waals surface area (Å²) in [7, 11) is 0. The first-order valence-corrected chi connectivity index (χ1v) is 6.71. The quantitative estimate of drug-likeness (QED) is 0.816. The van der Waals surface area contributed by atoms with Crippen molar-refractivity contribution in [2.24, 2.45) is 5.92 Å². The maximum absolute atomic E-state index is 12.2. The molecule has 2 fully saturated rings. The van der Waals surface area contributed by atoms with Gasteiger partial charge in [-0.25, -0.2) is 0 Å². The van der Waals surface area contributed by atoms with Crippen LogP contribution in [0, 0.1) is 5.92 Å². The van der Waals surface area contributed by atoms with Gasteiger partial charge in [-0.05, 0) is 25.7 Å². The summed E-state index contributed by atoms with van der Waals surface area (Å²) in [5.74, 6) is -0.690. The number of carbonyl (C=O) groups is 2. The predicted molar refractivity (Wildman–Crippen MR) is 63.6 cm³/mol. The molecule has 17 heavy (non-hydrogen) atoms. The van der Waals surface area contributed by atoms with Crippen molar-refractivity contribution < 1.29 is 14.7 Å². The molecule has 2 aliphatic carbocycles. The fourth-order valence-corrected chi connectivity index (χ4v) is 2.82. The molecule has 0 saturated heterocycles. The first-order chi connectivity index (χ1) is 8.18. The van der Waals surface area contributed by atoms with Gasteiger partial charge in [-0.1, -0.05) is 25.7 Å². The van der Waals surface area contributed by atoms with E-state index in [2.05, 4.69) is 0 Å². The van der Waals surface area contributed by atoms with E-state index >= 15 is 0 Å². The molecule has 0 aromatic heterocycles. The van der Waals surface area contributed by atoms with Crippen LogP contribution >= 0.6 is 0 Å². The summed E-state index contributed by atoms with van der Waals surface area (Å²) in [6.45, 7) is -0.111. The predicted octanol–water partition coefficient (Wildman–Crippen LogP) is 2.03. The zero-order valence-electron chi connectivity index (χ0n) is 10.2. The SMILES string of the molecule is O=C(O)CN(C(=O)C1CCC1)C1CCCCC1. The third kappa shape index (κ3) is 2.99. The lowest BCUT2D eigenvalue weighted by molar-refractivity contribution is -0.150. The lowest BCUT2D eigenvalue weighted by atomic mass is 9.83. The highest BCUT2D eigenvalue weighted by atomic mass is 16.4. The monoisotopic (exact) mass is 239 g/mol. The van der Waals surface area contributed by atoms with E-state index < -0.39 is 5.97 Å². The second-order valence-corrected chi connectivity index (χ2v) is 5.28. The van der Waals surface area contributed by atoms with Crippen molar-refractivity contribution >= 4 is 11.9 Å². The second-order valence-electron chi connectivity index (χ2n) is 5.28. The number of carbonyl (C=O) groups excluding carboxylic acids is 1. The summed E-state index contributed by atoms with van der Waals surface area (Å²) in [6, 6.07) is 0.174. The number of hydrogen-bond donors (Lipinski definition) is 1. The van der Waals surface area contributed by atoms with Crippen LogP contribution in [0.2, 0.25) is 0 Å². The summed E-state index contributed by atoms with van der Waals surface area (Å²) in [4.78, 5) is 24.8. The van der Waals surface area contributed by atoms with E-state index in [1.54, 1.807) is 4.90 Å². The Morgan fingerprint density at radius 2 is 1.65 bits per heavy atom. The van der Waals surface area contributed by atoms with E-state index in [1.165, 1.54) is 6.42 Å². The third-order valence-corrected chi connectivity index (χ3v) is 4.06. The van der Waals surface area contributed by atoms with Gasteiger partial charge >= 0.3 is 5.97 Å².